The van der Waals surface area contributed by atoms with Crippen molar-refractivity contribution in [1.82, 2.24) is 10.3 Å². The van der Waals surface area contributed by atoms with Crippen LogP contribution in [0.25, 0.3) is 0 Å². The molecule has 0 aliphatic heterocycles. The molecule has 0 aliphatic carbocycles. The standard InChI is InChI=1S/C9H9ClN2OS/c10-8-5-12-9(14-8)6-11-4-7-2-1-3-13-7/h1-3,5,11H,4,6H2. The number of nitrogens with one attached hydrogen (secondary N) is 1. The first kappa shape index (κ1) is 9.71. The van der Waals surface area contributed by atoms with E-state index in [4.69, 9.17) is 16.0 Å². The predicted molar refractivity (Wildman–Crippen MR) is 56.4 cm³/mol. The summed E-state index contributed by atoms with van der Waals surface area (Å²) >= 11 is 7.23. The topological polar surface area (TPSA) is 38.1 Å². The first-order valence-corrected chi connectivity index (χ1v) is 5.37. The molecule has 74 valence electrons. The maximum absolute atomic E-state index is 5.75. The van der Waals surface area contributed by atoms with Gasteiger partial charge in [0.25, 0.3) is 0 Å². The fourth-order valence-corrected chi connectivity index (χ4v) is 2.00. The van der Waals surface area contributed by atoms with E-state index in [1.807, 2.05) is 12.1 Å². The van der Waals surface area contributed by atoms with Gasteiger partial charge in [-0.25, -0.2) is 4.98 Å². The molecule has 0 amide bonds. The number of rotatable bonds is 4. The highest BCUT2D eigenvalue weighted by Crippen LogP contribution is 2.17. The van der Waals surface area contributed by atoms with Crippen LogP contribution in [0.4, 0.5) is 0 Å². The molecule has 0 aromatic carbocycles. The molecular formula is C9H9ClN2OS. The van der Waals surface area contributed by atoms with Crippen LogP contribution in [-0.4, -0.2) is 4.98 Å². The zero-order valence-electron chi connectivity index (χ0n) is 7.37. The Labute approximate surface area is 90.7 Å². The van der Waals surface area contributed by atoms with Gasteiger partial charge in [0.1, 0.15) is 15.1 Å². The molecule has 14 heavy (non-hydrogen) atoms. The van der Waals surface area contributed by atoms with Gasteiger partial charge in [-0.15, -0.1) is 11.3 Å². The molecule has 0 spiro atoms. The molecule has 0 fully saturated rings. The summed E-state index contributed by atoms with van der Waals surface area (Å²) in [4.78, 5) is 4.13. The molecule has 0 atom stereocenters. The van der Waals surface area contributed by atoms with Crippen LogP contribution in [0.2, 0.25) is 4.34 Å². The van der Waals surface area contributed by atoms with E-state index in [1.165, 1.54) is 11.3 Å². The van der Waals surface area contributed by atoms with Gasteiger partial charge in [0.15, 0.2) is 0 Å². The lowest BCUT2D eigenvalue weighted by molar-refractivity contribution is 0.483. The Hall–Kier alpha value is -0.840. The molecule has 3 nitrogen and oxygen atoms in total. The van der Waals surface area contributed by atoms with Crippen LogP contribution in [-0.2, 0) is 13.1 Å². The Morgan fingerprint density at radius 2 is 2.43 bits per heavy atom. The van der Waals surface area contributed by atoms with E-state index in [-0.39, 0.29) is 0 Å². The highest BCUT2D eigenvalue weighted by molar-refractivity contribution is 7.15. The van der Waals surface area contributed by atoms with Crippen molar-refractivity contribution in [2.45, 2.75) is 13.1 Å². The summed E-state index contributed by atoms with van der Waals surface area (Å²) in [7, 11) is 0. The molecule has 1 N–H and O–H groups in total. The van der Waals surface area contributed by atoms with Crippen LogP contribution in [0.15, 0.2) is 29.0 Å². The van der Waals surface area contributed by atoms with E-state index in [1.54, 1.807) is 12.5 Å². The largest absolute Gasteiger partial charge is 0.468 e. The SMILES string of the molecule is Clc1cnc(CNCc2ccco2)s1. The van der Waals surface area contributed by atoms with Crippen LogP contribution in [0.3, 0.4) is 0 Å². The quantitative estimate of drug-likeness (QED) is 0.875. The maximum Gasteiger partial charge on any atom is 0.117 e. The molecule has 0 unspecified atom stereocenters. The number of halogens is 1. The molecule has 5 heteroatoms. The Morgan fingerprint density at radius 1 is 1.50 bits per heavy atom. The fraction of sp³-hybridized carbons (Fsp3) is 0.222. The number of hydrogen-bond acceptors (Lipinski definition) is 4. The van der Waals surface area contributed by atoms with Gasteiger partial charge in [0.05, 0.1) is 19.0 Å². The van der Waals surface area contributed by atoms with Crippen molar-refractivity contribution in [3.63, 3.8) is 0 Å². The summed E-state index contributed by atoms with van der Waals surface area (Å²) < 4.78 is 5.89. The summed E-state index contributed by atoms with van der Waals surface area (Å²) in [6.45, 7) is 1.43. The molecule has 2 aromatic heterocycles. The predicted octanol–water partition coefficient (Wildman–Crippen LogP) is 2.68. The normalized spacial score (nSPS) is 10.6. The molecule has 0 aliphatic rings. The van der Waals surface area contributed by atoms with Gasteiger partial charge in [0, 0.05) is 6.54 Å². The number of hydrogen-bond donors (Lipinski definition) is 1. The first-order valence-electron chi connectivity index (χ1n) is 4.18. The Morgan fingerprint density at radius 3 is 3.07 bits per heavy atom. The number of thiazole rings is 1. The van der Waals surface area contributed by atoms with Gasteiger partial charge in [0.2, 0.25) is 0 Å². The van der Waals surface area contributed by atoms with E-state index in [9.17, 15) is 0 Å². The third-order valence-corrected chi connectivity index (χ3v) is 2.80. The van der Waals surface area contributed by atoms with Gasteiger partial charge in [-0.1, -0.05) is 11.6 Å². The lowest BCUT2D eigenvalue weighted by Gasteiger charge is -1.98. The number of nitrogens with zero attached hydrogens (tertiary/aromatic N) is 1. The Bertz CT molecular complexity index is 385. The monoisotopic (exact) mass is 228 g/mol. The molecular weight excluding hydrogens is 220 g/mol. The van der Waals surface area contributed by atoms with E-state index in [0.717, 1.165) is 21.6 Å². The van der Waals surface area contributed by atoms with Crippen LogP contribution in [0.5, 0.6) is 0 Å². The second-order valence-electron chi connectivity index (χ2n) is 2.74. The summed E-state index contributed by atoms with van der Waals surface area (Å²) in [6.07, 6.45) is 3.33. The third kappa shape index (κ3) is 2.57. The van der Waals surface area contributed by atoms with Crippen molar-refractivity contribution in [3.05, 3.63) is 39.7 Å². The number of aromatic nitrogens is 1. The highest BCUT2D eigenvalue weighted by Gasteiger charge is 1.99. The molecule has 0 radical (unpaired) electrons. The van der Waals surface area contributed by atoms with E-state index in [0.29, 0.717) is 6.54 Å². The highest BCUT2D eigenvalue weighted by atomic mass is 35.5. The van der Waals surface area contributed by atoms with Gasteiger partial charge < -0.3 is 9.73 Å². The maximum atomic E-state index is 5.75. The molecule has 0 saturated carbocycles. The Balaban J connectivity index is 1.78. The molecule has 0 bridgehead atoms. The van der Waals surface area contributed by atoms with Crippen LogP contribution >= 0.6 is 22.9 Å². The summed E-state index contributed by atoms with van der Waals surface area (Å²) in [5.74, 6) is 0.924. The van der Waals surface area contributed by atoms with E-state index < -0.39 is 0 Å². The minimum Gasteiger partial charge on any atom is -0.468 e. The second-order valence-corrected chi connectivity index (χ2v) is 4.49. The fourth-order valence-electron chi connectivity index (χ4n) is 1.08. The lowest BCUT2D eigenvalue weighted by Crippen LogP contribution is -2.11. The van der Waals surface area contributed by atoms with Crippen molar-refractivity contribution < 1.29 is 4.42 Å². The van der Waals surface area contributed by atoms with Gasteiger partial charge >= 0.3 is 0 Å². The first-order chi connectivity index (χ1) is 6.84. The van der Waals surface area contributed by atoms with E-state index in [2.05, 4.69) is 10.3 Å². The van der Waals surface area contributed by atoms with Crippen molar-refractivity contribution in [3.8, 4) is 0 Å². The second kappa shape index (κ2) is 4.59. The smallest absolute Gasteiger partial charge is 0.117 e. The van der Waals surface area contributed by atoms with Crippen molar-refractivity contribution in [2.24, 2.45) is 0 Å². The zero-order chi connectivity index (χ0) is 9.80. The average Bonchev–Trinajstić information content (AvgIpc) is 2.77. The van der Waals surface area contributed by atoms with Crippen LogP contribution < -0.4 is 5.32 Å². The molecule has 2 heterocycles. The third-order valence-electron chi connectivity index (χ3n) is 1.68. The minimum atomic E-state index is 0.712. The molecule has 0 saturated heterocycles. The van der Waals surface area contributed by atoms with Crippen molar-refractivity contribution >= 4 is 22.9 Å². The Kier molecular flexibility index (Phi) is 3.18. The average molecular weight is 229 g/mol. The lowest BCUT2D eigenvalue weighted by atomic mass is 10.4. The number of furan rings is 1. The molecule has 2 aromatic rings. The van der Waals surface area contributed by atoms with Gasteiger partial charge in [-0.2, -0.15) is 0 Å². The summed E-state index contributed by atoms with van der Waals surface area (Å²) in [5, 5.41) is 4.20. The van der Waals surface area contributed by atoms with Crippen molar-refractivity contribution in [1.29, 1.82) is 0 Å². The van der Waals surface area contributed by atoms with Gasteiger partial charge in [-0.3, -0.25) is 0 Å². The van der Waals surface area contributed by atoms with Gasteiger partial charge in [-0.05, 0) is 12.1 Å². The van der Waals surface area contributed by atoms with Crippen molar-refractivity contribution in [2.75, 3.05) is 0 Å². The zero-order valence-corrected chi connectivity index (χ0v) is 8.94. The van der Waals surface area contributed by atoms with Crippen LogP contribution in [0.1, 0.15) is 10.8 Å². The minimum absolute atomic E-state index is 0.712. The van der Waals surface area contributed by atoms with Crippen LogP contribution in [0, 0.1) is 0 Å². The summed E-state index contributed by atoms with van der Waals surface area (Å²) in [6, 6.07) is 3.80. The summed E-state index contributed by atoms with van der Waals surface area (Å²) in [5.41, 5.74) is 0. The molecule has 2 rings (SSSR count). The van der Waals surface area contributed by atoms with E-state index >= 15 is 0 Å².